The first kappa shape index (κ1) is 20.2. The number of hydrogen-bond donors (Lipinski definition) is 0. The molecule has 29 heavy (non-hydrogen) atoms. The molecule has 150 valence electrons. The molecule has 7 nitrogen and oxygen atoms in total. The van der Waals surface area contributed by atoms with Gasteiger partial charge in [0.15, 0.2) is 0 Å². The number of nitro groups is 1. The second kappa shape index (κ2) is 8.22. The monoisotopic (exact) mass is 398 g/mol. The van der Waals surface area contributed by atoms with Gasteiger partial charge < -0.3 is 9.64 Å². The highest BCUT2D eigenvalue weighted by atomic mass is 19.1. The summed E-state index contributed by atoms with van der Waals surface area (Å²) >= 11 is 0. The van der Waals surface area contributed by atoms with Gasteiger partial charge in [0.25, 0.3) is 5.69 Å². The third-order valence-electron chi connectivity index (χ3n) is 5.00. The number of halogens is 1. The molecule has 0 bridgehead atoms. The van der Waals surface area contributed by atoms with E-state index in [1.54, 1.807) is 31.2 Å². The molecule has 3 rings (SSSR count). The largest absolute Gasteiger partial charge is 0.466 e. The van der Waals surface area contributed by atoms with Gasteiger partial charge in [-0.3, -0.25) is 14.9 Å². The fourth-order valence-electron chi connectivity index (χ4n) is 3.51. The molecular formula is C21H19FN2O5. The summed E-state index contributed by atoms with van der Waals surface area (Å²) in [5.74, 6) is -2.08. The van der Waals surface area contributed by atoms with Crippen LogP contribution in [0.4, 0.5) is 10.1 Å². The van der Waals surface area contributed by atoms with Gasteiger partial charge in [-0.25, -0.2) is 9.18 Å². The lowest BCUT2D eigenvalue weighted by Crippen LogP contribution is -2.38. The molecule has 0 radical (unpaired) electrons. The quantitative estimate of drug-likeness (QED) is 0.435. The van der Waals surface area contributed by atoms with E-state index in [1.807, 2.05) is 0 Å². The van der Waals surface area contributed by atoms with Gasteiger partial charge in [-0.15, -0.1) is 0 Å². The number of methoxy groups -OCH3 is 1. The highest BCUT2D eigenvalue weighted by Crippen LogP contribution is 2.38. The fourth-order valence-corrected chi connectivity index (χ4v) is 3.51. The van der Waals surface area contributed by atoms with Crippen LogP contribution in [0.5, 0.6) is 0 Å². The maximum absolute atomic E-state index is 14.1. The molecule has 0 spiro atoms. The number of ether oxygens (including phenoxy) is 1. The molecule has 8 heteroatoms. The molecule has 0 fully saturated rings. The zero-order valence-electron chi connectivity index (χ0n) is 15.9. The first-order chi connectivity index (χ1) is 13.8. The summed E-state index contributed by atoms with van der Waals surface area (Å²) in [7, 11) is 1.23. The predicted octanol–water partition coefficient (Wildman–Crippen LogP) is 3.70. The van der Waals surface area contributed by atoms with Crippen LogP contribution < -0.4 is 0 Å². The van der Waals surface area contributed by atoms with Gasteiger partial charge in [0, 0.05) is 35.7 Å². The number of benzene rings is 2. The molecule has 2 aromatic rings. The standard InChI is InChI=1S/C21H19FN2O5/c1-13-20(21(26)29-2)17(14-7-5-8-16(10-14)24(27)28)11-19(25)23(13)12-15-6-3-4-9-18(15)22/h3-10,17H,11-12H2,1-2H3. The summed E-state index contributed by atoms with van der Waals surface area (Å²) in [6, 6.07) is 11.9. The van der Waals surface area contributed by atoms with Crippen molar-refractivity contribution >= 4 is 17.6 Å². The van der Waals surface area contributed by atoms with Crippen LogP contribution in [0.1, 0.15) is 30.4 Å². The molecular weight excluding hydrogens is 379 g/mol. The van der Waals surface area contributed by atoms with Crippen LogP contribution in [-0.4, -0.2) is 28.8 Å². The van der Waals surface area contributed by atoms with Crippen molar-refractivity contribution < 1.29 is 23.6 Å². The first-order valence-corrected chi connectivity index (χ1v) is 8.90. The average molecular weight is 398 g/mol. The van der Waals surface area contributed by atoms with Crippen molar-refractivity contribution in [3.63, 3.8) is 0 Å². The lowest BCUT2D eigenvalue weighted by atomic mass is 9.83. The van der Waals surface area contributed by atoms with E-state index >= 15 is 0 Å². The molecule has 0 aliphatic carbocycles. The van der Waals surface area contributed by atoms with E-state index in [0.717, 1.165) is 0 Å². The van der Waals surface area contributed by atoms with Gasteiger partial charge in [0.1, 0.15) is 5.82 Å². The van der Waals surface area contributed by atoms with Crippen LogP contribution in [0.15, 0.2) is 59.8 Å². The molecule has 1 heterocycles. The Kier molecular flexibility index (Phi) is 5.72. The van der Waals surface area contributed by atoms with Crippen molar-refractivity contribution in [2.45, 2.75) is 25.8 Å². The lowest BCUT2D eigenvalue weighted by Gasteiger charge is -2.34. The zero-order valence-corrected chi connectivity index (χ0v) is 15.9. The molecule has 0 saturated carbocycles. The van der Waals surface area contributed by atoms with Crippen LogP contribution in [0, 0.1) is 15.9 Å². The lowest BCUT2D eigenvalue weighted by molar-refractivity contribution is -0.384. The van der Waals surface area contributed by atoms with Crippen LogP contribution in [-0.2, 0) is 20.9 Å². The van der Waals surface area contributed by atoms with Crippen LogP contribution >= 0.6 is 0 Å². The third-order valence-corrected chi connectivity index (χ3v) is 5.00. The Morgan fingerprint density at radius 2 is 2.00 bits per heavy atom. The fraction of sp³-hybridized carbons (Fsp3) is 0.238. The zero-order chi connectivity index (χ0) is 21.1. The number of non-ortho nitro benzene ring substituents is 1. The first-order valence-electron chi connectivity index (χ1n) is 8.90. The Bertz CT molecular complexity index is 1020. The number of esters is 1. The van der Waals surface area contributed by atoms with Gasteiger partial charge in [-0.05, 0) is 18.6 Å². The van der Waals surface area contributed by atoms with E-state index in [9.17, 15) is 24.1 Å². The molecule has 0 aromatic heterocycles. The smallest absolute Gasteiger partial charge is 0.336 e. The second-order valence-electron chi connectivity index (χ2n) is 6.67. The van der Waals surface area contributed by atoms with Gasteiger partial charge >= 0.3 is 5.97 Å². The van der Waals surface area contributed by atoms with Crippen LogP contribution in [0.3, 0.4) is 0 Å². The summed E-state index contributed by atoms with van der Waals surface area (Å²) < 4.78 is 19.0. The predicted molar refractivity (Wildman–Crippen MR) is 102 cm³/mol. The number of rotatable bonds is 5. The van der Waals surface area contributed by atoms with E-state index in [4.69, 9.17) is 4.74 Å². The molecule has 2 aromatic carbocycles. The number of amides is 1. The summed E-state index contributed by atoms with van der Waals surface area (Å²) in [6.07, 6.45) is -0.0859. The molecule has 1 aliphatic heterocycles. The number of nitrogens with zero attached hydrogens (tertiary/aromatic N) is 2. The Morgan fingerprint density at radius 1 is 1.28 bits per heavy atom. The SMILES string of the molecule is COC(=O)C1=C(C)N(Cc2ccccc2F)C(=O)CC1c1cccc([N+](=O)[O-])c1. The summed E-state index contributed by atoms with van der Waals surface area (Å²) in [5.41, 5.74) is 1.22. The Labute approximate surface area is 166 Å². The van der Waals surface area contributed by atoms with E-state index in [-0.39, 0.29) is 30.1 Å². The van der Waals surface area contributed by atoms with Gasteiger partial charge in [-0.2, -0.15) is 0 Å². The average Bonchev–Trinajstić information content (AvgIpc) is 2.71. The highest BCUT2D eigenvalue weighted by molar-refractivity contribution is 5.95. The molecule has 0 N–H and O–H groups in total. The van der Waals surface area contributed by atoms with Crippen molar-refractivity contribution in [2.24, 2.45) is 0 Å². The minimum atomic E-state index is -0.688. The molecule has 1 atom stereocenters. The Morgan fingerprint density at radius 3 is 2.66 bits per heavy atom. The maximum Gasteiger partial charge on any atom is 0.336 e. The topological polar surface area (TPSA) is 89.8 Å². The van der Waals surface area contributed by atoms with Crippen molar-refractivity contribution in [1.82, 2.24) is 4.90 Å². The Balaban J connectivity index is 2.06. The Hall–Kier alpha value is -3.55. The number of nitro benzene ring substituents is 1. The van der Waals surface area contributed by atoms with Crippen LogP contribution in [0.2, 0.25) is 0 Å². The van der Waals surface area contributed by atoms with Crippen LogP contribution in [0.25, 0.3) is 0 Å². The number of hydrogen-bond acceptors (Lipinski definition) is 5. The van der Waals surface area contributed by atoms with Gasteiger partial charge in [-0.1, -0.05) is 30.3 Å². The molecule has 1 unspecified atom stereocenters. The summed E-state index contributed by atoms with van der Waals surface area (Å²) in [5, 5.41) is 11.1. The maximum atomic E-state index is 14.1. The van der Waals surface area contributed by atoms with E-state index in [0.29, 0.717) is 16.8 Å². The number of allylic oxidation sites excluding steroid dienone is 1. The van der Waals surface area contributed by atoms with Gasteiger partial charge in [0.2, 0.25) is 5.91 Å². The number of carbonyl (C=O) groups excluding carboxylic acids is 2. The minimum Gasteiger partial charge on any atom is -0.466 e. The number of carbonyl (C=O) groups is 2. The van der Waals surface area contributed by atoms with E-state index in [1.165, 1.54) is 36.3 Å². The minimum absolute atomic E-state index is 0.0283. The van der Waals surface area contributed by atoms with Crippen molar-refractivity contribution in [1.29, 1.82) is 0 Å². The third kappa shape index (κ3) is 4.01. The molecule has 0 saturated heterocycles. The van der Waals surface area contributed by atoms with E-state index < -0.39 is 22.6 Å². The van der Waals surface area contributed by atoms with Crippen molar-refractivity contribution in [3.8, 4) is 0 Å². The van der Waals surface area contributed by atoms with Crippen molar-refractivity contribution in [2.75, 3.05) is 7.11 Å². The molecule has 1 aliphatic rings. The van der Waals surface area contributed by atoms with Crippen molar-refractivity contribution in [3.05, 3.63) is 86.9 Å². The van der Waals surface area contributed by atoms with E-state index in [2.05, 4.69) is 0 Å². The summed E-state index contributed by atoms with van der Waals surface area (Å²) in [4.78, 5) is 37.3. The second-order valence-corrected chi connectivity index (χ2v) is 6.67. The highest BCUT2D eigenvalue weighted by Gasteiger charge is 2.37. The molecule has 1 amide bonds. The normalized spacial score (nSPS) is 16.7. The van der Waals surface area contributed by atoms with Gasteiger partial charge in [0.05, 0.1) is 24.2 Å². The summed E-state index contributed by atoms with van der Waals surface area (Å²) in [6.45, 7) is 1.56.